The van der Waals surface area contributed by atoms with Crippen LogP contribution in [0.2, 0.25) is 0 Å². The van der Waals surface area contributed by atoms with Crippen LogP contribution < -0.4 is 16.0 Å². The number of ether oxygens (including phenoxy) is 1. The van der Waals surface area contributed by atoms with Crippen molar-refractivity contribution in [2.24, 2.45) is 0 Å². The summed E-state index contributed by atoms with van der Waals surface area (Å²) in [6.45, 7) is 0.770. The molecule has 4 rings (SSSR count). The van der Waals surface area contributed by atoms with Gasteiger partial charge in [-0.25, -0.2) is 0 Å². The van der Waals surface area contributed by atoms with Crippen LogP contribution in [-0.4, -0.2) is 66.7 Å². The Hall–Kier alpha value is -2.50. The number of imide groups is 1. The molecule has 3 unspecified atom stereocenters. The second-order valence-corrected chi connectivity index (χ2v) is 7.93. The fourth-order valence-corrected chi connectivity index (χ4v) is 4.22. The lowest BCUT2D eigenvalue weighted by Gasteiger charge is -2.32. The van der Waals surface area contributed by atoms with E-state index in [1.165, 1.54) is 4.90 Å². The summed E-state index contributed by atoms with van der Waals surface area (Å²) in [6.07, 6.45) is -6.44. The number of alkyl halides is 3. The first kappa shape index (κ1) is 21.7. The van der Waals surface area contributed by atoms with Crippen LogP contribution in [0.15, 0.2) is 18.2 Å². The highest BCUT2D eigenvalue weighted by Gasteiger charge is 2.43. The van der Waals surface area contributed by atoms with Gasteiger partial charge in [0.2, 0.25) is 11.8 Å². The van der Waals surface area contributed by atoms with E-state index >= 15 is 0 Å². The van der Waals surface area contributed by atoms with Crippen molar-refractivity contribution in [1.82, 2.24) is 20.9 Å². The Morgan fingerprint density at radius 3 is 2.74 bits per heavy atom. The van der Waals surface area contributed by atoms with Crippen molar-refractivity contribution in [3.63, 3.8) is 0 Å². The molecular weight excluding hydrogens is 417 g/mol. The molecular formula is C20H23F3N4O4. The second kappa shape index (κ2) is 8.56. The van der Waals surface area contributed by atoms with Crippen molar-refractivity contribution < 1.29 is 32.3 Å². The van der Waals surface area contributed by atoms with Crippen LogP contribution in [0.4, 0.5) is 13.2 Å². The van der Waals surface area contributed by atoms with Gasteiger partial charge in [-0.15, -0.1) is 0 Å². The fraction of sp³-hybridized carbons (Fsp3) is 0.550. The molecule has 168 valence electrons. The number of carbonyl (C=O) groups excluding carboxylic acids is 3. The van der Waals surface area contributed by atoms with Gasteiger partial charge in [-0.3, -0.25) is 19.7 Å². The van der Waals surface area contributed by atoms with Crippen LogP contribution in [0.1, 0.15) is 34.3 Å². The van der Waals surface area contributed by atoms with Crippen molar-refractivity contribution in [3.05, 3.63) is 34.9 Å². The zero-order valence-corrected chi connectivity index (χ0v) is 16.6. The molecule has 0 aliphatic carbocycles. The van der Waals surface area contributed by atoms with Gasteiger partial charge in [0.05, 0.1) is 6.10 Å². The normalized spacial score (nSPS) is 26.7. The Balaban J connectivity index is 1.38. The highest BCUT2D eigenvalue weighted by Crippen LogP contribution is 2.30. The molecule has 31 heavy (non-hydrogen) atoms. The molecule has 3 heterocycles. The number of piperidine rings is 1. The van der Waals surface area contributed by atoms with Gasteiger partial charge in [-0.1, -0.05) is 18.2 Å². The first-order valence-electron chi connectivity index (χ1n) is 10.1. The van der Waals surface area contributed by atoms with E-state index in [0.717, 1.165) is 5.56 Å². The van der Waals surface area contributed by atoms with Crippen LogP contribution >= 0.6 is 0 Å². The SMILES string of the molecule is O=C1CCC(N2Cc3cccc(CNCC4CNCC(C(F)(F)F)O4)c3C2=O)C(=O)N1. The quantitative estimate of drug-likeness (QED) is 0.576. The van der Waals surface area contributed by atoms with Gasteiger partial charge in [0.1, 0.15) is 6.04 Å². The number of rotatable bonds is 5. The number of halogens is 3. The lowest BCUT2D eigenvalue weighted by molar-refractivity contribution is -0.238. The fourth-order valence-electron chi connectivity index (χ4n) is 4.22. The first-order valence-corrected chi connectivity index (χ1v) is 10.1. The summed E-state index contributed by atoms with van der Waals surface area (Å²) in [5.74, 6) is -1.10. The molecule has 3 amide bonds. The molecule has 3 aliphatic heterocycles. The monoisotopic (exact) mass is 440 g/mol. The maximum absolute atomic E-state index is 13.0. The van der Waals surface area contributed by atoms with E-state index in [2.05, 4.69) is 16.0 Å². The van der Waals surface area contributed by atoms with Crippen LogP contribution in [0.3, 0.4) is 0 Å². The van der Waals surface area contributed by atoms with E-state index in [0.29, 0.717) is 17.7 Å². The summed E-state index contributed by atoms with van der Waals surface area (Å²) in [5.41, 5.74) is 1.98. The van der Waals surface area contributed by atoms with E-state index in [9.17, 15) is 27.6 Å². The molecule has 1 aromatic rings. The Morgan fingerprint density at radius 1 is 1.19 bits per heavy atom. The van der Waals surface area contributed by atoms with E-state index in [1.54, 1.807) is 12.1 Å². The van der Waals surface area contributed by atoms with E-state index in [1.807, 2.05) is 6.07 Å². The summed E-state index contributed by atoms with van der Waals surface area (Å²) in [5, 5.41) is 8.08. The van der Waals surface area contributed by atoms with E-state index < -0.39 is 30.3 Å². The molecule has 1 aromatic carbocycles. The first-order chi connectivity index (χ1) is 14.7. The molecule has 0 spiro atoms. The van der Waals surface area contributed by atoms with E-state index in [4.69, 9.17) is 4.74 Å². The van der Waals surface area contributed by atoms with Gasteiger partial charge >= 0.3 is 6.18 Å². The van der Waals surface area contributed by atoms with Gasteiger partial charge in [-0.2, -0.15) is 13.2 Å². The number of amides is 3. The highest BCUT2D eigenvalue weighted by atomic mass is 19.4. The summed E-state index contributed by atoms with van der Waals surface area (Å²) >= 11 is 0. The van der Waals surface area contributed by atoms with Crippen LogP contribution in [0.5, 0.6) is 0 Å². The van der Waals surface area contributed by atoms with Gasteiger partial charge in [0, 0.05) is 44.7 Å². The number of carbonyl (C=O) groups is 3. The smallest absolute Gasteiger partial charge is 0.362 e. The summed E-state index contributed by atoms with van der Waals surface area (Å²) in [7, 11) is 0. The number of hydrogen-bond acceptors (Lipinski definition) is 6. The van der Waals surface area contributed by atoms with Crippen molar-refractivity contribution >= 4 is 17.7 Å². The average Bonchev–Trinajstić information content (AvgIpc) is 3.05. The molecule has 2 fully saturated rings. The van der Waals surface area contributed by atoms with Crippen molar-refractivity contribution in [3.8, 4) is 0 Å². The summed E-state index contributed by atoms with van der Waals surface area (Å²) < 4.78 is 43.7. The number of benzene rings is 1. The Labute approximate surface area is 176 Å². The van der Waals surface area contributed by atoms with Crippen molar-refractivity contribution in [2.75, 3.05) is 19.6 Å². The third kappa shape index (κ3) is 4.58. The molecule has 3 atom stereocenters. The highest BCUT2D eigenvalue weighted by molar-refractivity contribution is 6.05. The van der Waals surface area contributed by atoms with Gasteiger partial charge in [-0.05, 0) is 17.5 Å². The van der Waals surface area contributed by atoms with Gasteiger partial charge < -0.3 is 20.3 Å². The third-order valence-electron chi connectivity index (χ3n) is 5.75. The zero-order chi connectivity index (χ0) is 22.2. The molecule has 8 nitrogen and oxygen atoms in total. The number of nitrogens with one attached hydrogen (secondary N) is 3. The van der Waals surface area contributed by atoms with Crippen LogP contribution in [0.25, 0.3) is 0 Å². The second-order valence-electron chi connectivity index (χ2n) is 7.93. The van der Waals surface area contributed by atoms with Crippen molar-refractivity contribution in [1.29, 1.82) is 0 Å². The molecule has 0 aromatic heterocycles. The van der Waals surface area contributed by atoms with Crippen molar-refractivity contribution in [2.45, 2.75) is 50.4 Å². The Bertz CT molecular complexity index is 892. The lowest BCUT2D eigenvalue weighted by Crippen LogP contribution is -2.53. The number of fused-ring (bicyclic) bond motifs is 1. The third-order valence-corrected chi connectivity index (χ3v) is 5.75. The minimum absolute atomic E-state index is 0.180. The molecule has 11 heteroatoms. The summed E-state index contributed by atoms with van der Waals surface area (Å²) in [4.78, 5) is 38.1. The lowest BCUT2D eigenvalue weighted by atomic mass is 10.0. The predicted molar refractivity (Wildman–Crippen MR) is 102 cm³/mol. The Morgan fingerprint density at radius 2 is 2.00 bits per heavy atom. The molecule has 2 saturated heterocycles. The number of morpholine rings is 1. The largest absolute Gasteiger partial charge is 0.415 e. The molecule has 0 radical (unpaired) electrons. The van der Waals surface area contributed by atoms with Crippen LogP contribution in [0, 0.1) is 0 Å². The number of nitrogens with zero attached hydrogens (tertiary/aromatic N) is 1. The van der Waals surface area contributed by atoms with E-state index in [-0.39, 0.29) is 50.8 Å². The minimum atomic E-state index is -4.42. The minimum Gasteiger partial charge on any atom is -0.362 e. The predicted octanol–water partition coefficient (Wildman–Crippen LogP) is 0.457. The van der Waals surface area contributed by atoms with Crippen LogP contribution in [-0.2, 0) is 27.4 Å². The molecule has 3 aliphatic rings. The molecule has 0 bridgehead atoms. The van der Waals surface area contributed by atoms with Gasteiger partial charge in [0.15, 0.2) is 6.10 Å². The Kier molecular flexibility index (Phi) is 6.00. The molecule has 3 N–H and O–H groups in total. The maximum atomic E-state index is 13.0. The zero-order valence-electron chi connectivity index (χ0n) is 16.6. The summed E-state index contributed by atoms with van der Waals surface area (Å²) in [6, 6.07) is 4.69. The number of hydrogen-bond donors (Lipinski definition) is 3. The topological polar surface area (TPSA) is 99.8 Å². The maximum Gasteiger partial charge on any atom is 0.415 e. The molecule has 0 saturated carbocycles. The van der Waals surface area contributed by atoms with Gasteiger partial charge in [0.25, 0.3) is 5.91 Å². The standard InChI is InChI=1S/C20H23F3N4O4/c21-20(22,23)15-9-25-8-13(31-15)7-24-6-11-2-1-3-12-10-27(19(30)17(11)12)14-4-5-16(28)26-18(14)29/h1-3,13-15,24-25H,4-10H2,(H,26,28,29). The average molecular weight is 440 g/mol.